The van der Waals surface area contributed by atoms with Crippen LogP contribution in [0.25, 0.3) is 27.5 Å². The lowest BCUT2D eigenvalue weighted by molar-refractivity contribution is 0.102. The number of hydrogen-bond acceptors (Lipinski definition) is 9. The molecule has 1 aliphatic heterocycles. The number of piperazine rings is 1. The van der Waals surface area contributed by atoms with Gasteiger partial charge in [-0.25, -0.2) is 13.5 Å². The monoisotopic (exact) mass is 706 g/mol. The molecule has 0 aliphatic carbocycles. The van der Waals surface area contributed by atoms with Gasteiger partial charge in [0.1, 0.15) is 17.3 Å². The van der Waals surface area contributed by atoms with Crippen LogP contribution in [0.2, 0.25) is 0 Å². The van der Waals surface area contributed by atoms with Crippen LogP contribution in [0.15, 0.2) is 95.9 Å². The molecule has 11 nitrogen and oxygen atoms in total. The number of benzene rings is 4. The second kappa shape index (κ2) is 15.1. The van der Waals surface area contributed by atoms with Crippen molar-refractivity contribution in [2.45, 2.75) is 6.42 Å². The number of carbonyl (C=O) groups excluding carboxylic acids is 1. The Hall–Kier alpha value is -5.92. The van der Waals surface area contributed by atoms with Crippen molar-refractivity contribution in [3.8, 4) is 28.7 Å². The normalized spacial score (nSPS) is 13.7. The number of anilines is 1. The summed E-state index contributed by atoms with van der Waals surface area (Å²) in [5.74, 6) is -1.00. The molecular formula is C39H36F2N6O5. The lowest BCUT2D eigenvalue weighted by Crippen LogP contribution is -2.44. The van der Waals surface area contributed by atoms with Crippen molar-refractivity contribution in [1.29, 1.82) is 0 Å². The summed E-state index contributed by atoms with van der Waals surface area (Å²) in [6, 6.07) is 21.3. The van der Waals surface area contributed by atoms with E-state index in [1.54, 1.807) is 55.8 Å². The smallest absolute Gasteiger partial charge is 0.280 e. The lowest BCUT2D eigenvalue weighted by atomic mass is 10.1. The quantitative estimate of drug-likeness (QED) is 0.156. The fourth-order valence-electron chi connectivity index (χ4n) is 6.13. The van der Waals surface area contributed by atoms with Crippen LogP contribution >= 0.6 is 0 Å². The van der Waals surface area contributed by atoms with Crippen LogP contribution in [-0.4, -0.2) is 84.0 Å². The van der Waals surface area contributed by atoms with E-state index in [2.05, 4.69) is 32.2 Å². The molecule has 2 aromatic heterocycles. The molecule has 4 aromatic carbocycles. The zero-order valence-corrected chi connectivity index (χ0v) is 28.6. The first-order valence-corrected chi connectivity index (χ1v) is 16.9. The fourth-order valence-corrected chi connectivity index (χ4v) is 6.13. The summed E-state index contributed by atoms with van der Waals surface area (Å²) in [4.78, 5) is 35.9. The number of carbonyl (C=O) groups is 1. The molecule has 52 heavy (non-hydrogen) atoms. The number of likely N-dealkylation sites (N-methyl/N-ethyl adjacent to an activating group) is 1. The number of para-hydroxylation sites is 2. The second-order valence-electron chi connectivity index (χ2n) is 12.4. The van der Waals surface area contributed by atoms with Crippen LogP contribution < -0.4 is 25.0 Å². The van der Waals surface area contributed by atoms with Crippen molar-refractivity contribution in [3.63, 3.8) is 0 Å². The zero-order valence-electron chi connectivity index (χ0n) is 28.6. The third-order valence-corrected chi connectivity index (χ3v) is 8.96. The van der Waals surface area contributed by atoms with E-state index >= 15 is 4.39 Å². The highest BCUT2D eigenvalue weighted by atomic mass is 19.1. The minimum absolute atomic E-state index is 0.0531. The Balaban J connectivity index is 1.07. The van der Waals surface area contributed by atoms with Crippen LogP contribution in [0.5, 0.6) is 23.0 Å². The molecule has 7 rings (SSSR count). The highest BCUT2D eigenvalue weighted by Crippen LogP contribution is 2.38. The fraction of sp³-hybridized carbons (Fsp3) is 0.231. The maximum absolute atomic E-state index is 15.5. The summed E-state index contributed by atoms with van der Waals surface area (Å²) in [5, 5.41) is 7.50. The van der Waals surface area contributed by atoms with Crippen molar-refractivity contribution < 1.29 is 27.8 Å². The number of rotatable bonds is 11. The number of methoxy groups -OCH3 is 1. The Kier molecular flexibility index (Phi) is 10.0. The Labute approximate surface area is 298 Å². The van der Waals surface area contributed by atoms with Gasteiger partial charge >= 0.3 is 0 Å². The Morgan fingerprint density at radius 3 is 2.42 bits per heavy atom. The van der Waals surface area contributed by atoms with Crippen molar-refractivity contribution in [2.75, 3.05) is 58.8 Å². The van der Waals surface area contributed by atoms with Gasteiger partial charge in [-0.15, -0.1) is 0 Å². The van der Waals surface area contributed by atoms with Crippen molar-refractivity contribution in [2.24, 2.45) is 0 Å². The molecule has 0 atom stereocenters. The van der Waals surface area contributed by atoms with Gasteiger partial charge < -0.3 is 29.3 Å². The molecule has 1 saturated heterocycles. The van der Waals surface area contributed by atoms with E-state index in [1.807, 2.05) is 0 Å². The maximum Gasteiger partial charge on any atom is 0.280 e. The Bertz CT molecular complexity index is 2330. The van der Waals surface area contributed by atoms with Gasteiger partial charge in [0.2, 0.25) is 5.43 Å². The first-order valence-electron chi connectivity index (χ1n) is 16.9. The van der Waals surface area contributed by atoms with Gasteiger partial charge in [0.25, 0.3) is 5.91 Å². The van der Waals surface area contributed by atoms with E-state index in [1.165, 1.54) is 41.1 Å². The number of pyridine rings is 1. The molecule has 266 valence electrons. The number of hydrogen-bond donors (Lipinski definition) is 1. The number of ether oxygens (including phenoxy) is 3. The number of nitrogens with one attached hydrogen (secondary N) is 1. The van der Waals surface area contributed by atoms with Gasteiger partial charge in [-0.05, 0) is 62.0 Å². The highest BCUT2D eigenvalue weighted by Gasteiger charge is 2.21. The SMILES string of the molecule is COc1cc2c(Oc3ccc(NC(=O)c4nn(-c5ccccc5F)c5ccccc5c4=O)cc3F)ccnc2cc1OCCCN1CCN(C)CC1. The number of aromatic nitrogens is 3. The number of amides is 1. The van der Waals surface area contributed by atoms with E-state index in [4.69, 9.17) is 14.2 Å². The molecular weight excluding hydrogens is 670 g/mol. The largest absolute Gasteiger partial charge is 0.493 e. The average Bonchev–Trinajstić information content (AvgIpc) is 3.15. The van der Waals surface area contributed by atoms with Gasteiger partial charge in [-0.1, -0.05) is 24.3 Å². The predicted molar refractivity (Wildman–Crippen MR) is 194 cm³/mol. The molecule has 1 aliphatic rings. The predicted octanol–water partition coefficient (Wildman–Crippen LogP) is 6.28. The third-order valence-electron chi connectivity index (χ3n) is 8.96. The average molecular weight is 707 g/mol. The molecule has 0 unspecified atom stereocenters. The van der Waals surface area contributed by atoms with Gasteiger partial charge in [0.05, 0.1) is 30.1 Å². The van der Waals surface area contributed by atoms with Crippen LogP contribution in [-0.2, 0) is 0 Å². The van der Waals surface area contributed by atoms with E-state index in [9.17, 15) is 14.0 Å². The summed E-state index contributed by atoms with van der Waals surface area (Å²) < 4.78 is 49.1. The van der Waals surface area contributed by atoms with Gasteiger partial charge in [0, 0.05) is 62.1 Å². The number of fused-ring (bicyclic) bond motifs is 2. The van der Waals surface area contributed by atoms with Crippen molar-refractivity contribution >= 4 is 33.4 Å². The lowest BCUT2D eigenvalue weighted by Gasteiger charge is -2.32. The van der Waals surface area contributed by atoms with E-state index in [-0.39, 0.29) is 22.5 Å². The summed E-state index contributed by atoms with van der Waals surface area (Å²) in [6.07, 6.45) is 2.42. The molecule has 3 heterocycles. The molecule has 1 amide bonds. The van der Waals surface area contributed by atoms with Gasteiger partial charge in [-0.2, -0.15) is 5.10 Å². The maximum atomic E-state index is 15.5. The topological polar surface area (TPSA) is 111 Å². The molecule has 0 radical (unpaired) electrons. The van der Waals surface area contributed by atoms with Crippen LogP contribution in [0.1, 0.15) is 16.9 Å². The Morgan fingerprint density at radius 1 is 0.846 bits per heavy atom. The zero-order chi connectivity index (χ0) is 36.2. The molecule has 0 spiro atoms. The van der Waals surface area contributed by atoms with E-state index in [0.29, 0.717) is 40.3 Å². The van der Waals surface area contributed by atoms with Gasteiger partial charge in [-0.3, -0.25) is 14.6 Å². The van der Waals surface area contributed by atoms with E-state index in [0.717, 1.165) is 45.2 Å². The first kappa shape index (κ1) is 34.5. The molecule has 1 N–H and O–H groups in total. The highest BCUT2D eigenvalue weighted by molar-refractivity contribution is 6.04. The molecule has 0 saturated carbocycles. The number of halogens is 2. The molecule has 13 heteroatoms. The van der Waals surface area contributed by atoms with Crippen molar-refractivity contribution in [3.05, 3.63) is 119 Å². The summed E-state index contributed by atoms with van der Waals surface area (Å²) >= 11 is 0. The van der Waals surface area contributed by atoms with Gasteiger partial charge in [0.15, 0.2) is 28.8 Å². The summed E-state index contributed by atoms with van der Waals surface area (Å²) in [5.41, 5.74) is -0.137. The minimum atomic E-state index is -0.890. The van der Waals surface area contributed by atoms with Crippen LogP contribution in [0, 0.1) is 11.6 Å². The second-order valence-corrected chi connectivity index (χ2v) is 12.4. The van der Waals surface area contributed by atoms with Crippen LogP contribution in [0.4, 0.5) is 14.5 Å². The third kappa shape index (κ3) is 7.27. The Morgan fingerprint density at radius 2 is 1.63 bits per heavy atom. The molecule has 0 bridgehead atoms. The summed E-state index contributed by atoms with van der Waals surface area (Å²) in [7, 11) is 3.68. The number of nitrogens with zero attached hydrogens (tertiary/aromatic N) is 5. The first-order chi connectivity index (χ1) is 25.3. The van der Waals surface area contributed by atoms with Crippen molar-refractivity contribution in [1.82, 2.24) is 24.6 Å². The standard InChI is InChI=1S/C39H36F2N6O5/c1-45-17-19-46(20-18-45)16-7-21-51-36-24-30-27(23-35(36)50-2)33(14-15-42-30)52-34-13-12-25(22-29(34)41)43-39(49)37-38(48)26-8-3-5-10-31(26)47(44-37)32-11-6-4-9-28(32)40/h3-6,8-15,22-24H,7,16-21H2,1-2H3,(H,43,49). The van der Waals surface area contributed by atoms with Crippen LogP contribution in [0.3, 0.4) is 0 Å². The van der Waals surface area contributed by atoms with E-state index < -0.39 is 28.7 Å². The molecule has 6 aromatic rings. The minimum Gasteiger partial charge on any atom is -0.493 e. The summed E-state index contributed by atoms with van der Waals surface area (Å²) in [6.45, 7) is 5.67. The molecule has 1 fully saturated rings.